The second-order valence-electron chi connectivity index (χ2n) is 10.6. The molecule has 0 radical (unpaired) electrons. The summed E-state index contributed by atoms with van der Waals surface area (Å²) in [6.45, 7) is 4.33. The Morgan fingerprint density at radius 3 is 2.61 bits per heavy atom. The maximum Gasteiger partial charge on any atom is 0.252 e. The molecule has 2 aliphatic rings. The number of nitrogens with zero attached hydrogens (tertiary/aromatic N) is 7. The molecule has 2 aliphatic carbocycles. The molecule has 0 spiro atoms. The summed E-state index contributed by atoms with van der Waals surface area (Å²) < 4.78 is 53.5. The van der Waals surface area contributed by atoms with Gasteiger partial charge in [-0.2, -0.15) is 9.78 Å². The first kappa shape index (κ1) is 24.7. The molecule has 0 N–H and O–H groups in total. The Kier molecular flexibility index (Phi) is 5.46. The molecule has 9 nitrogen and oxygen atoms in total. The van der Waals surface area contributed by atoms with Crippen LogP contribution in [0.15, 0.2) is 42.9 Å². The molecule has 0 amide bonds. The van der Waals surface area contributed by atoms with Crippen LogP contribution in [0.25, 0.3) is 17.2 Å². The highest BCUT2D eigenvalue weighted by Crippen LogP contribution is 2.69. The number of aromatic nitrogens is 7. The van der Waals surface area contributed by atoms with Crippen LogP contribution >= 0.6 is 0 Å². The van der Waals surface area contributed by atoms with Crippen molar-refractivity contribution in [2.24, 2.45) is 5.41 Å². The van der Waals surface area contributed by atoms with Gasteiger partial charge in [0, 0.05) is 18.9 Å². The molecule has 0 aliphatic heterocycles. The number of benzene rings is 1. The molecular formula is C26H25F2N7O2S. The van der Waals surface area contributed by atoms with Gasteiger partial charge >= 0.3 is 0 Å². The van der Waals surface area contributed by atoms with Gasteiger partial charge in [0.15, 0.2) is 5.82 Å². The fourth-order valence-corrected chi connectivity index (χ4v) is 6.79. The van der Waals surface area contributed by atoms with Gasteiger partial charge in [0.25, 0.3) is 5.95 Å². The van der Waals surface area contributed by atoms with E-state index in [1.165, 1.54) is 35.5 Å². The lowest BCUT2D eigenvalue weighted by atomic mass is 9.66. The average Bonchev–Trinajstić information content (AvgIpc) is 3.50. The van der Waals surface area contributed by atoms with Gasteiger partial charge in [-0.25, -0.2) is 32.2 Å². The minimum atomic E-state index is -3.14. The van der Waals surface area contributed by atoms with Gasteiger partial charge in [-0.15, -0.1) is 10.2 Å². The molecule has 3 heterocycles. The normalized spacial score (nSPS) is 21.6. The molecule has 4 aromatic rings. The number of fused-ring (bicyclic) bond motifs is 5. The van der Waals surface area contributed by atoms with Crippen LogP contribution in [0.1, 0.15) is 55.4 Å². The fourth-order valence-electron chi connectivity index (χ4n) is 6.24. The fraction of sp³-hybridized carbons (Fsp3) is 0.385. The number of rotatable bonds is 6. The predicted octanol–water partition coefficient (Wildman–Crippen LogP) is 3.58. The van der Waals surface area contributed by atoms with E-state index < -0.39 is 26.9 Å². The molecule has 38 heavy (non-hydrogen) atoms. The van der Waals surface area contributed by atoms with E-state index in [-0.39, 0.29) is 34.8 Å². The molecule has 1 fully saturated rings. The van der Waals surface area contributed by atoms with Crippen molar-refractivity contribution in [2.45, 2.75) is 44.4 Å². The van der Waals surface area contributed by atoms with E-state index in [1.54, 1.807) is 12.3 Å². The lowest BCUT2D eigenvalue weighted by Crippen LogP contribution is -2.38. The Morgan fingerprint density at radius 2 is 1.87 bits per heavy atom. The van der Waals surface area contributed by atoms with Crippen LogP contribution < -0.4 is 0 Å². The topological polar surface area (TPSA) is 116 Å². The zero-order valence-electron chi connectivity index (χ0n) is 21.1. The maximum atomic E-state index is 14.5. The number of halogens is 2. The van der Waals surface area contributed by atoms with E-state index in [0.29, 0.717) is 11.8 Å². The minimum Gasteiger partial charge on any atom is -0.229 e. The van der Waals surface area contributed by atoms with Crippen molar-refractivity contribution in [2.75, 3.05) is 12.0 Å². The molecular weight excluding hydrogens is 512 g/mol. The minimum absolute atomic E-state index is 0.0508. The Hall–Kier alpha value is -3.67. The van der Waals surface area contributed by atoms with E-state index in [4.69, 9.17) is 4.98 Å². The summed E-state index contributed by atoms with van der Waals surface area (Å²) in [5.41, 5.74) is 1.55. The number of hydrogen-bond donors (Lipinski definition) is 0. The standard InChI is InChI=1S/C26H25F2N7O2S/c1-25(2)16-7-10-26(25,23-15(16)13-19(32-33-23)22-17(27)5-4-6-18(22)28)20-8-11-29-24(31-20)35-14-30-21(34-35)9-12-38(3,36)37/h4-6,8,11,13-14,16H,7,9-10,12H2,1-3H3/t16-,26+/m0/s1. The molecule has 1 saturated carbocycles. The van der Waals surface area contributed by atoms with Gasteiger partial charge in [-0.1, -0.05) is 19.9 Å². The monoisotopic (exact) mass is 537 g/mol. The van der Waals surface area contributed by atoms with Crippen LogP contribution in [0.5, 0.6) is 0 Å². The number of hydrogen-bond acceptors (Lipinski definition) is 8. The van der Waals surface area contributed by atoms with Crippen LogP contribution in [0.2, 0.25) is 0 Å². The van der Waals surface area contributed by atoms with Crippen molar-refractivity contribution in [3.8, 4) is 17.2 Å². The molecule has 12 heteroatoms. The zero-order chi connectivity index (χ0) is 26.9. The lowest BCUT2D eigenvalue weighted by molar-refractivity contribution is 0.242. The van der Waals surface area contributed by atoms with E-state index in [0.717, 1.165) is 29.8 Å². The lowest BCUT2D eigenvalue weighted by Gasteiger charge is -2.37. The molecule has 0 unspecified atom stereocenters. The quantitative estimate of drug-likeness (QED) is 0.366. The van der Waals surface area contributed by atoms with Crippen molar-refractivity contribution in [1.82, 2.24) is 34.9 Å². The maximum absolute atomic E-state index is 14.5. The van der Waals surface area contributed by atoms with Crippen molar-refractivity contribution < 1.29 is 17.2 Å². The smallest absolute Gasteiger partial charge is 0.229 e. The van der Waals surface area contributed by atoms with Crippen LogP contribution in [0, 0.1) is 17.0 Å². The summed E-state index contributed by atoms with van der Waals surface area (Å²) in [5, 5.41) is 13.2. The first-order valence-corrected chi connectivity index (χ1v) is 14.3. The second-order valence-corrected chi connectivity index (χ2v) is 12.8. The van der Waals surface area contributed by atoms with Crippen LogP contribution in [0.3, 0.4) is 0 Å². The van der Waals surface area contributed by atoms with Gasteiger partial charge in [-0.3, -0.25) is 0 Å². The molecule has 0 saturated heterocycles. The average molecular weight is 538 g/mol. The zero-order valence-corrected chi connectivity index (χ0v) is 21.9. The number of aryl methyl sites for hydroxylation is 1. The Balaban J connectivity index is 1.41. The van der Waals surface area contributed by atoms with Crippen LogP contribution in [0.4, 0.5) is 8.78 Å². The molecule has 1 aromatic carbocycles. The van der Waals surface area contributed by atoms with E-state index in [2.05, 4.69) is 39.1 Å². The number of sulfone groups is 1. The Labute approximate surface area is 218 Å². The molecule has 6 rings (SSSR count). The third kappa shape index (κ3) is 3.64. The molecule has 3 aromatic heterocycles. The van der Waals surface area contributed by atoms with Gasteiger partial charge in [0.1, 0.15) is 27.8 Å². The summed E-state index contributed by atoms with van der Waals surface area (Å²) in [5.74, 6) is -0.616. The highest BCUT2D eigenvalue weighted by atomic mass is 32.2. The van der Waals surface area contributed by atoms with Crippen LogP contribution in [-0.2, 0) is 21.7 Å². The van der Waals surface area contributed by atoms with E-state index >= 15 is 0 Å². The summed E-state index contributed by atoms with van der Waals surface area (Å²) in [7, 11) is -3.14. The van der Waals surface area contributed by atoms with Crippen LogP contribution in [-0.4, -0.2) is 55.4 Å². The molecule has 196 valence electrons. The van der Waals surface area contributed by atoms with Crippen molar-refractivity contribution in [1.29, 1.82) is 0 Å². The van der Waals surface area contributed by atoms with Gasteiger partial charge < -0.3 is 0 Å². The first-order valence-electron chi connectivity index (χ1n) is 12.3. The molecule has 2 bridgehead atoms. The third-order valence-electron chi connectivity index (χ3n) is 8.12. The predicted molar refractivity (Wildman–Crippen MR) is 134 cm³/mol. The largest absolute Gasteiger partial charge is 0.252 e. The van der Waals surface area contributed by atoms with Gasteiger partial charge in [0.05, 0.1) is 33.8 Å². The van der Waals surface area contributed by atoms with Gasteiger partial charge in [-0.05, 0) is 54.0 Å². The first-order chi connectivity index (χ1) is 18.0. The van der Waals surface area contributed by atoms with E-state index in [1.807, 2.05) is 6.07 Å². The Morgan fingerprint density at radius 1 is 1.11 bits per heavy atom. The van der Waals surface area contributed by atoms with Crippen molar-refractivity contribution in [3.05, 3.63) is 77.3 Å². The second kappa shape index (κ2) is 8.42. The van der Waals surface area contributed by atoms with E-state index in [9.17, 15) is 17.2 Å². The van der Waals surface area contributed by atoms with Crippen molar-refractivity contribution in [3.63, 3.8) is 0 Å². The summed E-state index contributed by atoms with van der Waals surface area (Å²) in [4.78, 5) is 13.4. The summed E-state index contributed by atoms with van der Waals surface area (Å²) in [6.07, 6.45) is 6.13. The highest BCUT2D eigenvalue weighted by molar-refractivity contribution is 7.90. The SMILES string of the molecule is CC1(C)[C@H]2CC[C@@]1(c1ccnc(-n3cnc(CCS(C)(=O)=O)n3)n1)c1nnc(-c3c(F)cccc3F)cc12. The Bertz CT molecular complexity index is 1670. The third-order valence-corrected chi connectivity index (χ3v) is 9.07. The van der Waals surface area contributed by atoms with Gasteiger partial charge in [0.2, 0.25) is 0 Å². The summed E-state index contributed by atoms with van der Waals surface area (Å²) >= 11 is 0. The molecule has 2 atom stereocenters. The highest BCUT2D eigenvalue weighted by Gasteiger charge is 2.65. The summed E-state index contributed by atoms with van der Waals surface area (Å²) in [6, 6.07) is 7.38. The van der Waals surface area contributed by atoms with Crippen molar-refractivity contribution >= 4 is 9.84 Å².